The van der Waals surface area contributed by atoms with Gasteiger partial charge in [0.25, 0.3) is 0 Å². The number of hydrogen-bond acceptors (Lipinski definition) is 3. The average Bonchev–Trinajstić information content (AvgIpc) is 2.30. The number of carbonyl (C=O) groups excluding carboxylic acids is 1. The first-order valence-corrected chi connectivity index (χ1v) is 6.17. The summed E-state index contributed by atoms with van der Waals surface area (Å²) >= 11 is -0.281. The van der Waals surface area contributed by atoms with Crippen molar-refractivity contribution in [2.75, 3.05) is 5.32 Å². The molecule has 1 unspecified atom stereocenters. The number of thioether (sulfide) groups is 1. The van der Waals surface area contributed by atoms with Crippen LogP contribution in [0.25, 0.3) is 0 Å². The van der Waals surface area contributed by atoms with Gasteiger partial charge in [0.15, 0.2) is 0 Å². The Hall–Kier alpha value is -1.47. The zero-order valence-corrected chi connectivity index (χ0v) is 10.7. The van der Waals surface area contributed by atoms with E-state index in [1.165, 1.54) is 30.3 Å². The zero-order valence-electron chi connectivity index (χ0n) is 9.91. The fraction of sp³-hybridized carbons (Fsp3) is 0.250. The van der Waals surface area contributed by atoms with Crippen LogP contribution in [0, 0.1) is 0 Å². The average molecular weight is 290 g/mol. The molecule has 1 amide bonds. The first-order valence-electron chi connectivity index (χ1n) is 5.35. The maximum atomic E-state index is 12.4. The molecule has 1 aromatic carbocycles. The molecule has 7 heteroatoms. The highest BCUT2D eigenvalue weighted by atomic mass is 32.2. The van der Waals surface area contributed by atoms with E-state index in [4.69, 9.17) is 5.73 Å². The summed E-state index contributed by atoms with van der Waals surface area (Å²) in [6.07, 6.45) is 1.72. The molecule has 0 aliphatic rings. The van der Waals surface area contributed by atoms with E-state index >= 15 is 0 Å². The molecule has 1 rings (SSSR count). The lowest BCUT2D eigenvalue weighted by Crippen LogP contribution is -2.35. The van der Waals surface area contributed by atoms with Crippen LogP contribution >= 0.6 is 11.8 Å². The van der Waals surface area contributed by atoms with E-state index in [9.17, 15) is 18.0 Å². The van der Waals surface area contributed by atoms with Crippen molar-refractivity contribution in [3.05, 3.63) is 36.9 Å². The topological polar surface area (TPSA) is 55.1 Å². The Balaban J connectivity index is 2.83. The smallest absolute Gasteiger partial charge is 0.324 e. The molecule has 0 fully saturated rings. The van der Waals surface area contributed by atoms with E-state index in [-0.39, 0.29) is 28.8 Å². The maximum Gasteiger partial charge on any atom is 0.446 e. The van der Waals surface area contributed by atoms with Crippen LogP contribution in [-0.4, -0.2) is 17.5 Å². The second-order valence-electron chi connectivity index (χ2n) is 3.66. The van der Waals surface area contributed by atoms with Crippen LogP contribution in [0.2, 0.25) is 0 Å². The van der Waals surface area contributed by atoms with Gasteiger partial charge in [-0.3, -0.25) is 4.79 Å². The van der Waals surface area contributed by atoms with E-state index in [2.05, 4.69) is 11.9 Å². The Morgan fingerprint density at radius 1 is 1.47 bits per heavy atom. The fourth-order valence-electron chi connectivity index (χ4n) is 1.30. The molecule has 0 aliphatic carbocycles. The number of anilines is 1. The minimum atomic E-state index is -4.41. The molecule has 0 saturated heterocycles. The summed E-state index contributed by atoms with van der Waals surface area (Å²) < 4.78 is 37.1. The molecule has 0 spiro atoms. The molecule has 0 radical (unpaired) electrons. The molecular formula is C12H13F3N2OS. The highest BCUT2D eigenvalue weighted by Crippen LogP contribution is 2.40. The molecule has 0 aromatic heterocycles. The number of benzene rings is 1. The minimum Gasteiger partial charge on any atom is -0.324 e. The molecule has 104 valence electrons. The van der Waals surface area contributed by atoms with Crippen molar-refractivity contribution in [2.45, 2.75) is 22.9 Å². The summed E-state index contributed by atoms with van der Waals surface area (Å²) in [6, 6.07) is 4.85. The standard InChI is InChI=1S/C12H13F3N2OS/c1-2-5-8(16)11(18)17-9-6-3-4-7-10(9)19-12(13,14)15/h2-4,6-8H,1,5,16H2,(H,17,18). The van der Waals surface area contributed by atoms with E-state index in [1.807, 2.05) is 0 Å². The van der Waals surface area contributed by atoms with Crippen LogP contribution in [-0.2, 0) is 4.79 Å². The zero-order chi connectivity index (χ0) is 14.5. The van der Waals surface area contributed by atoms with Crippen LogP contribution in [0.15, 0.2) is 41.8 Å². The van der Waals surface area contributed by atoms with Gasteiger partial charge in [-0.25, -0.2) is 0 Å². The number of para-hydroxylation sites is 1. The van der Waals surface area contributed by atoms with E-state index in [0.29, 0.717) is 0 Å². The Kier molecular flexibility index (Phi) is 5.44. The number of nitrogens with one attached hydrogen (secondary N) is 1. The van der Waals surface area contributed by atoms with Crippen LogP contribution in [0.3, 0.4) is 0 Å². The van der Waals surface area contributed by atoms with Gasteiger partial charge < -0.3 is 11.1 Å². The molecule has 0 bridgehead atoms. The summed E-state index contributed by atoms with van der Waals surface area (Å²) in [5, 5.41) is 2.39. The van der Waals surface area contributed by atoms with Gasteiger partial charge in [0.2, 0.25) is 5.91 Å². The Morgan fingerprint density at radius 2 is 2.11 bits per heavy atom. The SMILES string of the molecule is C=CCC(N)C(=O)Nc1ccccc1SC(F)(F)F. The number of amides is 1. The van der Waals surface area contributed by atoms with E-state index in [1.54, 1.807) is 0 Å². The van der Waals surface area contributed by atoms with Gasteiger partial charge in [-0.15, -0.1) is 6.58 Å². The van der Waals surface area contributed by atoms with E-state index in [0.717, 1.165) is 0 Å². The third-order valence-corrected chi connectivity index (χ3v) is 2.94. The van der Waals surface area contributed by atoms with Gasteiger partial charge in [0, 0.05) is 4.90 Å². The van der Waals surface area contributed by atoms with Crippen molar-refractivity contribution >= 4 is 23.4 Å². The summed E-state index contributed by atoms with van der Waals surface area (Å²) in [6.45, 7) is 3.44. The molecule has 0 heterocycles. The second-order valence-corrected chi connectivity index (χ2v) is 4.77. The summed E-state index contributed by atoms with van der Waals surface area (Å²) in [5.74, 6) is -0.546. The highest BCUT2D eigenvalue weighted by Gasteiger charge is 2.30. The highest BCUT2D eigenvalue weighted by molar-refractivity contribution is 8.00. The number of rotatable bonds is 5. The third-order valence-electron chi connectivity index (χ3n) is 2.13. The number of alkyl halides is 3. The lowest BCUT2D eigenvalue weighted by Gasteiger charge is -2.14. The molecule has 0 saturated carbocycles. The quantitative estimate of drug-likeness (QED) is 0.647. The predicted molar refractivity (Wildman–Crippen MR) is 69.8 cm³/mol. The first kappa shape index (κ1) is 15.6. The lowest BCUT2D eigenvalue weighted by atomic mass is 10.2. The van der Waals surface area contributed by atoms with Crippen molar-refractivity contribution in [3.8, 4) is 0 Å². The molecule has 3 N–H and O–H groups in total. The van der Waals surface area contributed by atoms with Gasteiger partial charge >= 0.3 is 5.51 Å². The minimum absolute atomic E-state index is 0.0749. The Bertz CT molecular complexity index is 463. The van der Waals surface area contributed by atoms with Crippen molar-refractivity contribution in [1.82, 2.24) is 0 Å². The summed E-state index contributed by atoms with van der Waals surface area (Å²) in [4.78, 5) is 11.6. The number of nitrogens with two attached hydrogens (primary N) is 1. The number of carbonyl (C=O) groups is 1. The fourth-order valence-corrected chi connectivity index (χ4v) is 1.92. The monoisotopic (exact) mass is 290 g/mol. The second kappa shape index (κ2) is 6.63. The molecule has 0 aliphatic heterocycles. The number of hydrogen-bond donors (Lipinski definition) is 2. The summed E-state index contributed by atoms with van der Waals surface area (Å²) in [7, 11) is 0. The van der Waals surface area contributed by atoms with Gasteiger partial charge in [-0.2, -0.15) is 13.2 Å². The van der Waals surface area contributed by atoms with Crippen LogP contribution in [0.4, 0.5) is 18.9 Å². The normalized spacial score (nSPS) is 12.8. The molecule has 19 heavy (non-hydrogen) atoms. The number of halogens is 3. The Labute approximate surface area is 113 Å². The maximum absolute atomic E-state index is 12.4. The molecule has 1 aromatic rings. The van der Waals surface area contributed by atoms with E-state index < -0.39 is 17.5 Å². The third kappa shape index (κ3) is 5.35. The lowest BCUT2D eigenvalue weighted by molar-refractivity contribution is -0.117. The van der Waals surface area contributed by atoms with Gasteiger partial charge in [0.1, 0.15) is 0 Å². The molecular weight excluding hydrogens is 277 g/mol. The van der Waals surface area contributed by atoms with Crippen LogP contribution < -0.4 is 11.1 Å². The van der Waals surface area contributed by atoms with Crippen molar-refractivity contribution in [2.24, 2.45) is 5.73 Å². The largest absolute Gasteiger partial charge is 0.446 e. The summed E-state index contributed by atoms with van der Waals surface area (Å²) in [5.41, 5.74) is 1.22. The first-order chi connectivity index (χ1) is 8.83. The predicted octanol–water partition coefficient (Wildman–Crippen LogP) is 3.14. The van der Waals surface area contributed by atoms with Gasteiger partial charge in [0.05, 0.1) is 11.7 Å². The Morgan fingerprint density at radius 3 is 2.68 bits per heavy atom. The van der Waals surface area contributed by atoms with Crippen molar-refractivity contribution in [3.63, 3.8) is 0 Å². The van der Waals surface area contributed by atoms with Crippen LogP contribution in [0.1, 0.15) is 6.42 Å². The molecule has 1 atom stereocenters. The van der Waals surface area contributed by atoms with Gasteiger partial charge in [-0.05, 0) is 30.3 Å². The van der Waals surface area contributed by atoms with Crippen molar-refractivity contribution < 1.29 is 18.0 Å². The van der Waals surface area contributed by atoms with Crippen LogP contribution in [0.5, 0.6) is 0 Å². The van der Waals surface area contributed by atoms with Gasteiger partial charge in [-0.1, -0.05) is 18.2 Å². The molecule has 3 nitrogen and oxygen atoms in total. The van der Waals surface area contributed by atoms with Crippen molar-refractivity contribution in [1.29, 1.82) is 0 Å².